The first-order chi connectivity index (χ1) is 15.3. The molecule has 1 fully saturated rings. The van der Waals surface area contributed by atoms with Gasteiger partial charge >= 0.3 is 0 Å². The van der Waals surface area contributed by atoms with Crippen LogP contribution in [-0.2, 0) is 11.2 Å². The zero-order valence-electron chi connectivity index (χ0n) is 18.1. The summed E-state index contributed by atoms with van der Waals surface area (Å²) < 4.78 is 0. The average Bonchev–Trinajstić information content (AvgIpc) is 3.23. The smallest absolute Gasteiger partial charge is 0.233 e. The fraction of sp³-hybridized carbons (Fsp3) is 0.444. The fourth-order valence-corrected chi connectivity index (χ4v) is 6.59. The third kappa shape index (κ3) is 4.91. The van der Waals surface area contributed by atoms with E-state index in [9.17, 15) is 4.79 Å². The summed E-state index contributed by atoms with van der Waals surface area (Å²) in [5, 5.41) is 3.33. The predicted molar refractivity (Wildman–Crippen MR) is 129 cm³/mol. The van der Waals surface area contributed by atoms with Gasteiger partial charge in [-0.05, 0) is 80.4 Å². The van der Waals surface area contributed by atoms with Crippen LogP contribution in [0, 0.1) is 5.92 Å². The molecule has 0 bridgehead atoms. The maximum Gasteiger partial charge on any atom is 0.233 e. The van der Waals surface area contributed by atoms with Crippen LogP contribution in [0.25, 0.3) is 6.08 Å². The van der Waals surface area contributed by atoms with Gasteiger partial charge in [-0.15, -0.1) is 11.8 Å². The largest absolute Gasteiger partial charge is 0.355 e. The van der Waals surface area contributed by atoms with Crippen molar-refractivity contribution in [2.24, 2.45) is 5.92 Å². The molecule has 162 valence electrons. The lowest BCUT2D eigenvalue weighted by molar-refractivity contribution is -0.121. The molecule has 0 radical (unpaired) electrons. The summed E-state index contributed by atoms with van der Waals surface area (Å²) in [6.45, 7) is 4.34. The van der Waals surface area contributed by atoms with Gasteiger partial charge in [0.15, 0.2) is 0 Å². The van der Waals surface area contributed by atoms with Gasteiger partial charge in [0.1, 0.15) is 0 Å². The number of amides is 1. The summed E-state index contributed by atoms with van der Waals surface area (Å²) in [4.78, 5) is 16.8. The molecule has 1 N–H and O–H groups in total. The van der Waals surface area contributed by atoms with E-state index in [1.54, 1.807) is 11.8 Å². The summed E-state index contributed by atoms with van der Waals surface area (Å²) in [6, 6.07) is 17.3. The van der Waals surface area contributed by atoms with Gasteiger partial charge in [0.05, 0.1) is 5.25 Å². The zero-order chi connectivity index (χ0) is 21.0. The Hall–Kier alpha value is -2.04. The van der Waals surface area contributed by atoms with Crippen LogP contribution in [0.1, 0.15) is 48.3 Å². The molecule has 0 aromatic heterocycles. The standard InChI is InChI=1S/C27H32N2OS/c30-27(25-18-23-12-11-22-9-4-10-24(31-25)26(22)23)28-19-21-13-16-29(17-14-21)15-5-8-20-6-2-1-3-7-20/h1-4,6-7,9-12,21,23,25H,5,8,13-19H2,(H,28,30). The van der Waals surface area contributed by atoms with Crippen LogP contribution in [0.4, 0.5) is 0 Å². The third-order valence-electron chi connectivity index (χ3n) is 7.06. The number of hydrogen-bond donors (Lipinski definition) is 1. The van der Waals surface area contributed by atoms with Crippen molar-refractivity contribution in [2.45, 2.75) is 48.2 Å². The Labute approximate surface area is 190 Å². The number of benzene rings is 2. The van der Waals surface area contributed by atoms with E-state index < -0.39 is 0 Å². The van der Waals surface area contributed by atoms with Gasteiger partial charge in [0, 0.05) is 17.4 Å². The van der Waals surface area contributed by atoms with Crippen LogP contribution in [0.2, 0.25) is 0 Å². The van der Waals surface area contributed by atoms with Gasteiger partial charge in [0.2, 0.25) is 5.91 Å². The van der Waals surface area contributed by atoms with Crippen LogP contribution in [0.15, 0.2) is 59.5 Å². The maximum absolute atomic E-state index is 12.9. The van der Waals surface area contributed by atoms with E-state index in [0.717, 1.165) is 32.5 Å². The summed E-state index contributed by atoms with van der Waals surface area (Å²) in [6.07, 6.45) is 10.2. The van der Waals surface area contributed by atoms with Gasteiger partial charge < -0.3 is 10.2 Å². The molecule has 4 heteroatoms. The molecule has 0 saturated carbocycles. The number of thioether (sulfide) groups is 1. The van der Waals surface area contributed by atoms with Crippen molar-refractivity contribution in [3.05, 3.63) is 71.3 Å². The molecule has 2 heterocycles. The quantitative estimate of drug-likeness (QED) is 0.659. The number of allylic oxidation sites excluding steroid dienone is 1. The Bertz CT molecular complexity index is 934. The first-order valence-corrected chi connectivity index (χ1v) is 12.7. The van der Waals surface area contributed by atoms with Crippen molar-refractivity contribution in [1.29, 1.82) is 0 Å². The van der Waals surface area contributed by atoms with Crippen molar-refractivity contribution in [3.8, 4) is 0 Å². The van der Waals surface area contributed by atoms with Gasteiger partial charge in [-0.3, -0.25) is 4.79 Å². The minimum absolute atomic E-state index is 0.0357. The first kappa shape index (κ1) is 20.8. The summed E-state index contributed by atoms with van der Waals surface area (Å²) in [5.74, 6) is 1.27. The van der Waals surface area contributed by atoms with E-state index in [4.69, 9.17) is 0 Å². The molecule has 1 saturated heterocycles. The molecule has 1 aliphatic carbocycles. The molecule has 0 spiro atoms. The molecule has 3 nitrogen and oxygen atoms in total. The van der Waals surface area contributed by atoms with E-state index in [-0.39, 0.29) is 11.2 Å². The van der Waals surface area contributed by atoms with E-state index >= 15 is 0 Å². The number of rotatable bonds is 7. The predicted octanol–water partition coefficient (Wildman–Crippen LogP) is 5.12. The number of piperidine rings is 1. The Morgan fingerprint density at radius 1 is 1.06 bits per heavy atom. The lowest BCUT2D eigenvalue weighted by atomic mass is 9.94. The van der Waals surface area contributed by atoms with Gasteiger partial charge in [-0.25, -0.2) is 0 Å². The SMILES string of the molecule is O=C(NCC1CCN(CCCc2ccccc2)CC1)C1CC2C=Cc3cccc(c32)S1. The molecular formula is C27H32N2OS. The molecular weight excluding hydrogens is 400 g/mol. The number of aryl methyl sites for hydroxylation is 1. The summed E-state index contributed by atoms with van der Waals surface area (Å²) in [5.41, 5.74) is 4.22. The Morgan fingerprint density at radius 2 is 1.90 bits per heavy atom. The number of carbonyl (C=O) groups excluding carboxylic acids is 1. The van der Waals surface area contributed by atoms with Gasteiger partial charge in [-0.2, -0.15) is 0 Å². The second-order valence-corrected chi connectivity index (χ2v) is 10.4. The Kier molecular flexibility index (Phi) is 6.47. The normalized spacial score (nSPS) is 23.0. The average molecular weight is 433 g/mol. The number of nitrogens with one attached hydrogen (secondary N) is 1. The molecule has 2 atom stereocenters. The van der Waals surface area contributed by atoms with E-state index in [1.807, 2.05) is 0 Å². The summed E-state index contributed by atoms with van der Waals surface area (Å²) >= 11 is 1.76. The van der Waals surface area contributed by atoms with Crippen LogP contribution in [0.5, 0.6) is 0 Å². The van der Waals surface area contributed by atoms with Crippen LogP contribution < -0.4 is 5.32 Å². The molecule has 31 heavy (non-hydrogen) atoms. The zero-order valence-corrected chi connectivity index (χ0v) is 18.9. The minimum Gasteiger partial charge on any atom is -0.355 e. The molecule has 2 aromatic rings. The topological polar surface area (TPSA) is 32.3 Å². The van der Waals surface area contributed by atoms with Gasteiger partial charge in [-0.1, -0.05) is 54.6 Å². The summed E-state index contributed by atoms with van der Waals surface area (Å²) in [7, 11) is 0. The van der Waals surface area contributed by atoms with Crippen molar-refractivity contribution < 1.29 is 4.79 Å². The second-order valence-electron chi connectivity index (χ2n) is 9.19. The highest BCUT2D eigenvalue weighted by molar-refractivity contribution is 8.00. The lowest BCUT2D eigenvalue weighted by Gasteiger charge is -2.33. The van der Waals surface area contributed by atoms with Crippen molar-refractivity contribution in [2.75, 3.05) is 26.2 Å². The fourth-order valence-electron chi connectivity index (χ4n) is 5.24. The third-order valence-corrected chi connectivity index (χ3v) is 8.36. The second kappa shape index (κ2) is 9.62. The minimum atomic E-state index is 0.0357. The van der Waals surface area contributed by atoms with Crippen LogP contribution >= 0.6 is 11.8 Å². The van der Waals surface area contributed by atoms with Crippen molar-refractivity contribution in [3.63, 3.8) is 0 Å². The van der Waals surface area contributed by atoms with E-state index in [1.165, 1.54) is 47.4 Å². The highest BCUT2D eigenvalue weighted by Gasteiger charge is 2.34. The highest BCUT2D eigenvalue weighted by atomic mass is 32.2. The molecule has 2 aliphatic heterocycles. The molecule has 3 aliphatic rings. The van der Waals surface area contributed by atoms with Crippen LogP contribution in [-0.4, -0.2) is 42.2 Å². The van der Waals surface area contributed by atoms with E-state index in [0.29, 0.717) is 11.8 Å². The Morgan fingerprint density at radius 3 is 2.74 bits per heavy atom. The monoisotopic (exact) mass is 432 g/mol. The van der Waals surface area contributed by atoms with Crippen LogP contribution in [0.3, 0.4) is 0 Å². The van der Waals surface area contributed by atoms with Gasteiger partial charge in [0.25, 0.3) is 0 Å². The van der Waals surface area contributed by atoms with E-state index in [2.05, 4.69) is 70.9 Å². The Balaban J connectivity index is 1.03. The lowest BCUT2D eigenvalue weighted by Crippen LogP contribution is -2.41. The number of carbonyl (C=O) groups is 1. The maximum atomic E-state index is 12.9. The first-order valence-electron chi connectivity index (χ1n) is 11.8. The number of hydrogen-bond acceptors (Lipinski definition) is 3. The molecule has 5 rings (SSSR count). The van der Waals surface area contributed by atoms with Crippen molar-refractivity contribution in [1.82, 2.24) is 10.2 Å². The highest BCUT2D eigenvalue weighted by Crippen LogP contribution is 2.47. The number of nitrogens with zero attached hydrogens (tertiary/aromatic N) is 1. The molecule has 2 aromatic carbocycles. The number of likely N-dealkylation sites (tertiary alicyclic amines) is 1. The molecule has 2 unspecified atom stereocenters. The van der Waals surface area contributed by atoms with Crippen molar-refractivity contribution >= 4 is 23.7 Å². The molecule has 1 amide bonds.